The van der Waals surface area contributed by atoms with Crippen LogP contribution in [0.5, 0.6) is 0 Å². The summed E-state index contributed by atoms with van der Waals surface area (Å²) in [5, 5.41) is 10.5. The van der Waals surface area contributed by atoms with E-state index in [1.807, 2.05) is 0 Å². The lowest BCUT2D eigenvalue weighted by Crippen LogP contribution is -2.42. The number of nitrogens with zero attached hydrogens (tertiary/aromatic N) is 2. The predicted molar refractivity (Wildman–Crippen MR) is 55.5 cm³/mol. The van der Waals surface area contributed by atoms with Crippen molar-refractivity contribution in [1.29, 1.82) is 0 Å². The van der Waals surface area contributed by atoms with Crippen LogP contribution < -0.4 is 5.73 Å². The lowest BCUT2D eigenvalue weighted by molar-refractivity contribution is -0.385. The van der Waals surface area contributed by atoms with E-state index >= 15 is 0 Å². The molecule has 0 aliphatic heterocycles. The van der Waals surface area contributed by atoms with E-state index in [1.165, 1.54) is 12.3 Å². The van der Waals surface area contributed by atoms with E-state index in [-0.39, 0.29) is 11.1 Å². The van der Waals surface area contributed by atoms with Crippen LogP contribution in [0.1, 0.15) is 25.0 Å². The molecule has 2 N–H and O–H groups in total. The van der Waals surface area contributed by atoms with Crippen LogP contribution in [0.2, 0.25) is 0 Å². The second kappa shape index (κ2) is 3.58. The van der Waals surface area contributed by atoms with Crippen molar-refractivity contribution in [3.63, 3.8) is 0 Å². The maximum absolute atomic E-state index is 10.5. The minimum Gasteiger partial charge on any atom is -0.330 e. The standard InChI is InChI=1S/C10H13N3O2/c11-7-10(4-1-5-10)9-3-2-8(6-12-9)13(14)15/h2-3,6H,1,4-5,7,11H2. The number of nitrogens with two attached hydrogens (primary N) is 1. The summed E-state index contributed by atoms with van der Waals surface area (Å²) in [7, 11) is 0. The van der Waals surface area contributed by atoms with Crippen molar-refractivity contribution >= 4 is 5.69 Å². The summed E-state index contributed by atoms with van der Waals surface area (Å²) in [4.78, 5) is 14.2. The lowest BCUT2D eigenvalue weighted by atomic mass is 9.66. The normalized spacial score (nSPS) is 18.2. The van der Waals surface area contributed by atoms with Crippen LogP contribution in [0.15, 0.2) is 18.3 Å². The number of hydrogen-bond acceptors (Lipinski definition) is 4. The first-order valence-corrected chi connectivity index (χ1v) is 4.99. The summed E-state index contributed by atoms with van der Waals surface area (Å²) < 4.78 is 0. The fraction of sp³-hybridized carbons (Fsp3) is 0.500. The molecule has 1 saturated carbocycles. The molecule has 80 valence electrons. The minimum atomic E-state index is -0.438. The third-order valence-electron chi connectivity index (χ3n) is 3.20. The largest absolute Gasteiger partial charge is 0.330 e. The highest BCUT2D eigenvalue weighted by Gasteiger charge is 2.38. The highest BCUT2D eigenvalue weighted by atomic mass is 16.6. The molecule has 0 radical (unpaired) electrons. The van der Waals surface area contributed by atoms with Gasteiger partial charge in [0.05, 0.1) is 4.92 Å². The average molecular weight is 207 g/mol. The van der Waals surface area contributed by atoms with Crippen LogP contribution in [-0.4, -0.2) is 16.5 Å². The molecule has 1 aromatic heterocycles. The molecular weight excluding hydrogens is 194 g/mol. The Kier molecular flexibility index (Phi) is 2.40. The molecule has 0 saturated heterocycles. The number of aromatic nitrogens is 1. The van der Waals surface area contributed by atoms with Crippen molar-refractivity contribution in [2.45, 2.75) is 24.7 Å². The van der Waals surface area contributed by atoms with Crippen molar-refractivity contribution in [3.8, 4) is 0 Å². The monoisotopic (exact) mass is 207 g/mol. The van der Waals surface area contributed by atoms with E-state index in [0.29, 0.717) is 6.54 Å². The number of nitro groups is 1. The highest BCUT2D eigenvalue weighted by Crippen LogP contribution is 2.41. The molecule has 1 heterocycles. The Hall–Kier alpha value is -1.49. The van der Waals surface area contributed by atoms with Gasteiger partial charge in [0.2, 0.25) is 0 Å². The van der Waals surface area contributed by atoms with Crippen molar-refractivity contribution < 1.29 is 4.92 Å². The predicted octanol–water partition coefficient (Wildman–Crippen LogP) is 1.37. The van der Waals surface area contributed by atoms with Crippen LogP contribution in [-0.2, 0) is 5.41 Å². The second-order valence-corrected chi connectivity index (χ2v) is 4.00. The van der Waals surface area contributed by atoms with E-state index in [2.05, 4.69) is 4.98 Å². The average Bonchev–Trinajstić information content (AvgIpc) is 2.18. The third-order valence-corrected chi connectivity index (χ3v) is 3.20. The summed E-state index contributed by atoms with van der Waals surface area (Å²) >= 11 is 0. The van der Waals surface area contributed by atoms with Gasteiger partial charge in [0.25, 0.3) is 5.69 Å². The Morgan fingerprint density at radius 2 is 2.27 bits per heavy atom. The Morgan fingerprint density at radius 3 is 2.60 bits per heavy atom. The van der Waals surface area contributed by atoms with Gasteiger partial charge < -0.3 is 5.73 Å². The molecule has 1 fully saturated rings. The van der Waals surface area contributed by atoms with Gasteiger partial charge in [-0.3, -0.25) is 15.1 Å². The third kappa shape index (κ3) is 1.59. The smallest absolute Gasteiger partial charge is 0.287 e. The SMILES string of the molecule is NCC1(c2ccc([N+](=O)[O-])cn2)CCC1. The molecule has 5 nitrogen and oxygen atoms in total. The molecule has 1 aliphatic rings. The van der Waals surface area contributed by atoms with Crippen LogP contribution in [0.3, 0.4) is 0 Å². The fourth-order valence-electron chi connectivity index (χ4n) is 1.98. The molecule has 0 spiro atoms. The molecule has 1 aromatic rings. The number of pyridine rings is 1. The van der Waals surface area contributed by atoms with Gasteiger partial charge in [-0.2, -0.15) is 0 Å². The first-order chi connectivity index (χ1) is 7.18. The van der Waals surface area contributed by atoms with Crippen molar-refractivity contribution in [3.05, 3.63) is 34.1 Å². The molecule has 5 heteroatoms. The Balaban J connectivity index is 2.26. The highest BCUT2D eigenvalue weighted by molar-refractivity contribution is 5.31. The molecule has 0 amide bonds. The van der Waals surface area contributed by atoms with Gasteiger partial charge in [0, 0.05) is 23.7 Å². The number of hydrogen-bond donors (Lipinski definition) is 1. The molecule has 1 aliphatic carbocycles. The van der Waals surface area contributed by atoms with Gasteiger partial charge in [-0.05, 0) is 18.9 Å². The van der Waals surface area contributed by atoms with Crippen molar-refractivity contribution in [2.24, 2.45) is 5.73 Å². The summed E-state index contributed by atoms with van der Waals surface area (Å²) in [5.41, 5.74) is 6.63. The summed E-state index contributed by atoms with van der Waals surface area (Å²) in [6, 6.07) is 3.22. The van der Waals surface area contributed by atoms with Gasteiger partial charge in [-0.25, -0.2) is 0 Å². The van der Waals surface area contributed by atoms with Crippen LogP contribution >= 0.6 is 0 Å². The molecule has 0 aromatic carbocycles. The second-order valence-electron chi connectivity index (χ2n) is 4.00. The van der Waals surface area contributed by atoms with Crippen LogP contribution in [0.4, 0.5) is 5.69 Å². The molecule has 0 atom stereocenters. The maximum atomic E-state index is 10.5. The molecule has 0 unspecified atom stereocenters. The summed E-state index contributed by atoms with van der Waals surface area (Å²) in [6.45, 7) is 0.567. The van der Waals surface area contributed by atoms with Crippen molar-refractivity contribution in [2.75, 3.05) is 6.54 Å². The zero-order valence-corrected chi connectivity index (χ0v) is 8.35. The zero-order chi connectivity index (χ0) is 10.9. The first-order valence-electron chi connectivity index (χ1n) is 4.99. The van der Waals surface area contributed by atoms with Gasteiger partial charge >= 0.3 is 0 Å². The van der Waals surface area contributed by atoms with Gasteiger partial charge in [-0.15, -0.1) is 0 Å². The van der Waals surface area contributed by atoms with Gasteiger partial charge in [0.15, 0.2) is 0 Å². The fourth-order valence-corrected chi connectivity index (χ4v) is 1.98. The first kappa shape index (κ1) is 10.0. The lowest BCUT2D eigenvalue weighted by Gasteiger charge is -2.40. The zero-order valence-electron chi connectivity index (χ0n) is 8.35. The Labute approximate surface area is 87.5 Å². The van der Waals surface area contributed by atoms with E-state index in [1.54, 1.807) is 6.07 Å². The minimum absolute atomic E-state index is 0.0187. The van der Waals surface area contributed by atoms with Gasteiger partial charge in [-0.1, -0.05) is 6.42 Å². The molecule has 0 bridgehead atoms. The van der Waals surface area contributed by atoms with Gasteiger partial charge in [0.1, 0.15) is 6.20 Å². The van der Waals surface area contributed by atoms with Crippen LogP contribution in [0.25, 0.3) is 0 Å². The van der Waals surface area contributed by atoms with Crippen molar-refractivity contribution in [1.82, 2.24) is 4.98 Å². The number of rotatable bonds is 3. The molecular formula is C10H13N3O2. The Bertz CT molecular complexity index is 365. The van der Waals surface area contributed by atoms with Crippen LogP contribution in [0, 0.1) is 10.1 Å². The van der Waals surface area contributed by atoms with E-state index in [4.69, 9.17) is 5.73 Å². The Morgan fingerprint density at radius 1 is 1.53 bits per heavy atom. The maximum Gasteiger partial charge on any atom is 0.287 e. The van der Waals surface area contributed by atoms with E-state index < -0.39 is 4.92 Å². The summed E-state index contributed by atoms with van der Waals surface area (Å²) in [5.74, 6) is 0. The quantitative estimate of drug-likeness (QED) is 0.599. The molecule has 2 rings (SSSR count). The summed E-state index contributed by atoms with van der Waals surface area (Å²) in [6.07, 6.45) is 4.55. The van der Waals surface area contributed by atoms with E-state index in [0.717, 1.165) is 25.0 Å². The topological polar surface area (TPSA) is 82.0 Å². The van der Waals surface area contributed by atoms with E-state index in [9.17, 15) is 10.1 Å². The molecule has 15 heavy (non-hydrogen) atoms.